The minimum absolute atomic E-state index is 0.0388. The van der Waals surface area contributed by atoms with Gasteiger partial charge in [-0.1, -0.05) is 29.5 Å². The largest absolute Gasteiger partial charge is 0.329 e. The Kier molecular flexibility index (Phi) is 3.67. The lowest BCUT2D eigenvalue weighted by molar-refractivity contribution is 0.0725. The molecule has 0 atom stereocenters. The molecule has 0 spiro atoms. The number of carbonyl (C=O) groups is 1. The van der Waals surface area contributed by atoms with Gasteiger partial charge < -0.3 is 4.90 Å². The predicted molar refractivity (Wildman–Crippen MR) is 88.6 cm³/mol. The number of aromatic nitrogens is 3. The minimum Gasteiger partial charge on any atom is -0.329 e. The van der Waals surface area contributed by atoms with Crippen LogP contribution < -0.4 is 0 Å². The van der Waals surface area contributed by atoms with Crippen molar-refractivity contribution in [1.82, 2.24) is 19.9 Å². The van der Waals surface area contributed by atoms with Gasteiger partial charge in [0.1, 0.15) is 0 Å². The second-order valence-electron chi connectivity index (χ2n) is 5.63. The normalized spacial score (nSPS) is 13.9. The molecule has 0 aliphatic heterocycles. The van der Waals surface area contributed by atoms with Gasteiger partial charge in [0.05, 0.1) is 18.4 Å². The van der Waals surface area contributed by atoms with Crippen LogP contribution in [0.4, 0.5) is 0 Å². The molecule has 1 saturated carbocycles. The Morgan fingerprint density at radius 1 is 1.22 bits per heavy atom. The molecule has 0 N–H and O–H groups in total. The summed E-state index contributed by atoms with van der Waals surface area (Å²) in [5.74, 6) is -0.0388. The lowest BCUT2D eigenvalue weighted by Crippen LogP contribution is -2.32. The third-order valence-corrected chi connectivity index (χ3v) is 4.75. The average Bonchev–Trinajstić information content (AvgIpc) is 3.10. The maximum atomic E-state index is 12.8. The molecule has 2 aromatic heterocycles. The van der Waals surface area contributed by atoms with Crippen molar-refractivity contribution in [2.24, 2.45) is 0 Å². The highest BCUT2D eigenvalue weighted by Crippen LogP contribution is 2.30. The first-order valence-corrected chi connectivity index (χ1v) is 8.50. The lowest BCUT2D eigenvalue weighted by atomic mass is 10.3. The number of para-hydroxylation sites is 1. The van der Waals surface area contributed by atoms with Crippen molar-refractivity contribution in [3.05, 3.63) is 64.6 Å². The van der Waals surface area contributed by atoms with E-state index in [1.54, 1.807) is 22.2 Å². The molecule has 0 radical (unpaired) electrons. The van der Waals surface area contributed by atoms with Gasteiger partial charge in [-0.25, -0.2) is 4.68 Å². The summed E-state index contributed by atoms with van der Waals surface area (Å²) in [5, 5.41) is 10.2. The van der Waals surface area contributed by atoms with Gasteiger partial charge in [-0.15, -0.1) is 16.4 Å². The van der Waals surface area contributed by atoms with Gasteiger partial charge in [0.15, 0.2) is 5.69 Å². The zero-order valence-electron chi connectivity index (χ0n) is 12.5. The Morgan fingerprint density at radius 3 is 2.74 bits per heavy atom. The third kappa shape index (κ3) is 3.03. The number of carbonyl (C=O) groups excluding carboxylic acids is 1. The van der Waals surface area contributed by atoms with Crippen LogP contribution in [0.3, 0.4) is 0 Å². The van der Waals surface area contributed by atoms with Gasteiger partial charge in [-0.3, -0.25) is 4.79 Å². The topological polar surface area (TPSA) is 51.0 Å². The van der Waals surface area contributed by atoms with Crippen LogP contribution in [-0.4, -0.2) is 31.8 Å². The van der Waals surface area contributed by atoms with E-state index in [1.165, 1.54) is 4.88 Å². The number of rotatable bonds is 5. The molecule has 4 rings (SSSR count). The maximum absolute atomic E-state index is 12.8. The van der Waals surface area contributed by atoms with Crippen LogP contribution in [0, 0.1) is 0 Å². The van der Waals surface area contributed by atoms with E-state index in [-0.39, 0.29) is 5.91 Å². The molecule has 0 saturated heterocycles. The Morgan fingerprint density at radius 2 is 2.04 bits per heavy atom. The third-order valence-electron chi connectivity index (χ3n) is 3.89. The second-order valence-corrected chi connectivity index (χ2v) is 6.66. The van der Waals surface area contributed by atoms with Crippen LogP contribution in [0.15, 0.2) is 54.0 Å². The molecule has 3 aromatic rings. The Bertz CT molecular complexity index is 793. The van der Waals surface area contributed by atoms with E-state index in [9.17, 15) is 4.79 Å². The van der Waals surface area contributed by atoms with Crippen LogP contribution in [0.25, 0.3) is 5.69 Å². The average molecular weight is 324 g/mol. The lowest BCUT2D eigenvalue weighted by Gasteiger charge is -2.20. The molecular weight excluding hydrogens is 308 g/mol. The van der Waals surface area contributed by atoms with Crippen molar-refractivity contribution in [2.45, 2.75) is 25.4 Å². The SMILES string of the molecule is O=C(c1cn(-c2ccccc2)nn1)N(Cc1cccs1)C1CC1. The van der Waals surface area contributed by atoms with Crippen LogP contribution in [0.1, 0.15) is 28.2 Å². The van der Waals surface area contributed by atoms with E-state index >= 15 is 0 Å². The molecule has 6 heteroatoms. The van der Waals surface area contributed by atoms with Crippen molar-refractivity contribution in [3.63, 3.8) is 0 Å². The zero-order chi connectivity index (χ0) is 15.6. The van der Waals surface area contributed by atoms with Gasteiger partial charge in [0, 0.05) is 10.9 Å². The second kappa shape index (κ2) is 5.96. The smallest absolute Gasteiger partial charge is 0.276 e. The molecule has 1 aliphatic rings. The monoisotopic (exact) mass is 324 g/mol. The molecule has 116 valence electrons. The summed E-state index contributed by atoms with van der Waals surface area (Å²) >= 11 is 1.68. The molecular formula is C17H16N4OS. The summed E-state index contributed by atoms with van der Waals surface area (Å²) in [6.07, 6.45) is 3.86. The van der Waals surface area contributed by atoms with Crippen molar-refractivity contribution in [3.8, 4) is 5.69 Å². The van der Waals surface area contributed by atoms with E-state index < -0.39 is 0 Å². The summed E-state index contributed by atoms with van der Waals surface area (Å²) in [7, 11) is 0. The first kappa shape index (κ1) is 14.1. The van der Waals surface area contributed by atoms with Crippen LogP contribution in [0.5, 0.6) is 0 Å². The zero-order valence-corrected chi connectivity index (χ0v) is 13.3. The Hall–Kier alpha value is -2.47. The highest BCUT2D eigenvalue weighted by Gasteiger charge is 2.34. The summed E-state index contributed by atoms with van der Waals surface area (Å²) in [6.45, 7) is 0.652. The molecule has 2 heterocycles. The van der Waals surface area contributed by atoms with E-state index in [1.807, 2.05) is 46.7 Å². The highest BCUT2D eigenvalue weighted by atomic mass is 32.1. The summed E-state index contributed by atoms with van der Waals surface area (Å²) < 4.78 is 1.64. The van der Waals surface area contributed by atoms with Gasteiger partial charge in [0.2, 0.25) is 0 Å². The first-order chi connectivity index (χ1) is 11.3. The molecule has 5 nitrogen and oxygen atoms in total. The molecule has 23 heavy (non-hydrogen) atoms. The molecule has 1 aromatic carbocycles. The van der Waals surface area contributed by atoms with E-state index in [2.05, 4.69) is 16.4 Å². The number of amides is 1. The number of hydrogen-bond donors (Lipinski definition) is 0. The summed E-state index contributed by atoms with van der Waals surface area (Å²) in [6, 6.07) is 14.1. The fourth-order valence-corrected chi connectivity index (χ4v) is 3.24. The quantitative estimate of drug-likeness (QED) is 0.724. The van der Waals surface area contributed by atoms with Crippen molar-refractivity contribution >= 4 is 17.2 Å². The van der Waals surface area contributed by atoms with Crippen molar-refractivity contribution in [1.29, 1.82) is 0 Å². The number of nitrogens with zero attached hydrogens (tertiary/aromatic N) is 4. The summed E-state index contributed by atoms with van der Waals surface area (Å²) in [4.78, 5) is 15.9. The van der Waals surface area contributed by atoms with Gasteiger partial charge in [0.25, 0.3) is 5.91 Å². The van der Waals surface area contributed by atoms with Crippen molar-refractivity contribution < 1.29 is 4.79 Å². The first-order valence-electron chi connectivity index (χ1n) is 7.62. The fourth-order valence-electron chi connectivity index (χ4n) is 2.54. The Labute approximate surface area is 138 Å². The fraction of sp³-hybridized carbons (Fsp3) is 0.235. The van der Waals surface area contributed by atoms with Crippen LogP contribution in [-0.2, 0) is 6.54 Å². The number of hydrogen-bond acceptors (Lipinski definition) is 4. The molecule has 1 fully saturated rings. The van der Waals surface area contributed by atoms with Gasteiger partial charge in [-0.05, 0) is 36.4 Å². The molecule has 0 unspecified atom stereocenters. The van der Waals surface area contributed by atoms with E-state index in [4.69, 9.17) is 0 Å². The van der Waals surface area contributed by atoms with Crippen LogP contribution in [0.2, 0.25) is 0 Å². The maximum Gasteiger partial charge on any atom is 0.276 e. The Balaban J connectivity index is 1.56. The van der Waals surface area contributed by atoms with Crippen LogP contribution >= 0.6 is 11.3 Å². The van der Waals surface area contributed by atoms with Gasteiger partial charge >= 0.3 is 0 Å². The van der Waals surface area contributed by atoms with E-state index in [0.717, 1.165) is 18.5 Å². The molecule has 1 amide bonds. The number of benzene rings is 1. The summed E-state index contributed by atoms with van der Waals surface area (Å²) in [5.41, 5.74) is 1.30. The van der Waals surface area contributed by atoms with Gasteiger partial charge in [-0.2, -0.15) is 0 Å². The molecule has 1 aliphatic carbocycles. The highest BCUT2D eigenvalue weighted by molar-refractivity contribution is 7.09. The molecule has 0 bridgehead atoms. The van der Waals surface area contributed by atoms with E-state index in [0.29, 0.717) is 18.3 Å². The predicted octanol–water partition coefficient (Wildman–Crippen LogP) is 3.13. The number of thiophene rings is 1. The standard InChI is InChI=1S/C17H16N4OS/c22-17(20(13-8-9-13)11-15-7-4-10-23-15)16-12-21(19-18-16)14-5-2-1-3-6-14/h1-7,10,12-13H,8-9,11H2. The van der Waals surface area contributed by atoms with Crippen molar-refractivity contribution in [2.75, 3.05) is 0 Å². The minimum atomic E-state index is -0.0388.